The molecule has 4 nitrogen and oxygen atoms in total. The molecular formula is C15H16FN3O. The molecule has 20 heavy (non-hydrogen) atoms. The Balaban J connectivity index is 2.45. The first-order valence-electron chi connectivity index (χ1n) is 6.48. The topological polar surface area (TPSA) is 57.9 Å². The van der Waals surface area contributed by atoms with Gasteiger partial charge in [0.25, 0.3) is 0 Å². The van der Waals surface area contributed by atoms with Crippen molar-refractivity contribution in [2.45, 2.75) is 13.8 Å². The Kier molecular flexibility index (Phi) is 4.49. The van der Waals surface area contributed by atoms with Crippen LogP contribution in [0.3, 0.4) is 0 Å². The minimum Gasteiger partial charge on any atom is -0.381 e. The molecule has 1 aromatic heterocycles. The summed E-state index contributed by atoms with van der Waals surface area (Å²) in [5.74, 6) is -0.334. The maximum Gasteiger partial charge on any atom is 0.124 e. The van der Waals surface area contributed by atoms with Crippen LogP contribution in [0.1, 0.15) is 18.1 Å². The van der Waals surface area contributed by atoms with Gasteiger partial charge in [0.2, 0.25) is 0 Å². The van der Waals surface area contributed by atoms with Crippen LogP contribution in [0.4, 0.5) is 10.1 Å². The number of rotatable bonds is 5. The summed E-state index contributed by atoms with van der Waals surface area (Å²) in [6.45, 7) is 5.43. The van der Waals surface area contributed by atoms with Crippen molar-refractivity contribution in [3.05, 3.63) is 35.3 Å². The number of benzene rings is 1. The third kappa shape index (κ3) is 2.86. The summed E-state index contributed by atoms with van der Waals surface area (Å²) in [5, 5.41) is 12.9. The molecule has 0 saturated carbocycles. The molecule has 0 spiro atoms. The molecule has 0 radical (unpaired) electrons. The van der Waals surface area contributed by atoms with E-state index in [2.05, 4.69) is 16.4 Å². The molecule has 0 saturated heterocycles. The third-order valence-corrected chi connectivity index (χ3v) is 3.00. The fourth-order valence-corrected chi connectivity index (χ4v) is 2.10. The summed E-state index contributed by atoms with van der Waals surface area (Å²) >= 11 is 0. The summed E-state index contributed by atoms with van der Waals surface area (Å²) in [4.78, 5) is 4.24. The number of hydrogen-bond acceptors (Lipinski definition) is 4. The normalized spacial score (nSPS) is 10.5. The number of pyridine rings is 1. The zero-order valence-corrected chi connectivity index (χ0v) is 11.5. The molecule has 0 aliphatic carbocycles. The summed E-state index contributed by atoms with van der Waals surface area (Å²) in [7, 11) is 0. The highest BCUT2D eigenvalue weighted by molar-refractivity contribution is 5.95. The predicted molar refractivity (Wildman–Crippen MR) is 76.1 cm³/mol. The summed E-state index contributed by atoms with van der Waals surface area (Å²) in [6.07, 6.45) is 1.51. The van der Waals surface area contributed by atoms with Crippen LogP contribution in [0.5, 0.6) is 0 Å². The van der Waals surface area contributed by atoms with E-state index in [1.807, 2.05) is 6.92 Å². The third-order valence-electron chi connectivity index (χ3n) is 3.00. The van der Waals surface area contributed by atoms with Crippen LogP contribution in [-0.4, -0.2) is 24.7 Å². The minimum atomic E-state index is -0.334. The lowest BCUT2D eigenvalue weighted by Gasteiger charge is -2.12. The molecule has 1 aromatic carbocycles. The lowest BCUT2D eigenvalue weighted by atomic mass is 10.1. The number of nitriles is 1. The second kappa shape index (κ2) is 6.31. The van der Waals surface area contributed by atoms with E-state index >= 15 is 0 Å². The Morgan fingerprint density at radius 2 is 2.25 bits per heavy atom. The van der Waals surface area contributed by atoms with E-state index in [1.165, 1.54) is 18.3 Å². The molecule has 2 aromatic rings. The molecule has 0 aliphatic heterocycles. The van der Waals surface area contributed by atoms with E-state index in [0.29, 0.717) is 41.9 Å². The van der Waals surface area contributed by atoms with Gasteiger partial charge in [-0.2, -0.15) is 5.26 Å². The SMILES string of the molecule is CCOCCNc1c(C#N)cnc2c(C)cc(F)cc12. The van der Waals surface area contributed by atoms with Gasteiger partial charge in [-0.25, -0.2) is 4.39 Å². The van der Waals surface area contributed by atoms with Crippen LogP contribution in [0, 0.1) is 24.1 Å². The fraction of sp³-hybridized carbons (Fsp3) is 0.333. The van der Waals surface area contributed by atoms with Gasteiger partial charge in [0, 0.05) is 24.7 Å². The molecule has 2 rings (SSSR count). The Morgan fingerprint density at radius 3 is 2.95 bits per heavy atom. The van der Waals surface area contributed by atoms with Crippen LogP contribution in [0.2, 0.25) is 0 Å². The summed E-state index contributed by atoms with van der Waals surface area (Å²) < 4.78 is 18.8. The second-order valence-corrected chi connectivity index (χ2v) is 4.40. The number of nitrogens with zero attached hydrogens (tertiary/aromatic N) is 2. The molecule has 5 heteroatoms. The van der Waals surface area contributed by atoms with Gasteiger partial charge in [-0.3, -0.25) is 4.98 Å². The number of anilines is 1. The molecular weight excluding hydrogens is 257 g/mol. The lowest BCUT2D eigenvalue weighted by Crippen LogP contribution is -2.11. The molecule has 0 aliphatic rings. The molecule has 0 fully saturated rings. The number of aromatic nitrogens is 1. The van der Waals surface area contributed by atoms with Gasteiger partial charge in [-0.1, -0.05) is 0 Å². The molecule has 0 atom stereocenters. The Morgan fingerprint density at radius 1 is 1.45 bits per heavy atom. The molecule has 104 valence electrons. The molecule has 0 bridgehead atoms. The number of fused-ring (bicyclic) bond motifs is 1. The highest BCUT2D eigenvalue weighted by Gasteiger charge is 2.11. The molecule has 0 amide bonds. The molecule has 1 N–H and O–H groups in total. The Bertz CT molecular complexity index is 664. The fourth-order valence-electron chi connectivity index (χ4n) is 2.10. The monoisotopic (exact) mass is 273 g/mol. The van der Waals surface area contributed by atoms with Crippen molar-refractivity contribution in [1.82, 2.24) is 4.98 Å². The summed E-state index contributed by atoms with van der Waals surface area (Å²) in [5.41, 5.74) is 2.46. The van der Waals surface area contributed by atoms with Crippen LogP contribution in [0.15, 0.2) is 18.3 Å². The first-order valence-corrected chi connectivity index (χ1v) is 6.48. The average Bonchev–Trinajstić information content (AvgIpc) is 2.43. The first-order chi connectivity index (χ1) is 9.67. The average molecular weight is 273 g/mol. The van der Waals surface area contributed by atoms with Crippen LogP contribution >= 0.6 is 0 Å². The van der Waals surface area contributed by atoms with E-state index in [4.69, 9.17) is 10.00 Å². The molecule has 0 unspecified atom stereocenters. The van der Waals surface area contributed by atoms with Gasteiger partial charge < -0.3 is 10.1 Å². The highest BCUT2D eigenvalue weighted by Crippen LogP contribution is 2.28. The number of nitrogens with one attached hydrogen (secondary N) is 1. The number of halogens is 1. The van der Waals surface area contributed by atoms with Crippen molar-refractivity contribution in [2.75, 3.05) is 25.1 Å². The zero-order valence-electron chi connectivity index (χ0n) is 11.5. The lowest BCUT2D eigenvalue weighted by molar-refractivity contribution is 0.158. The quantitative estimate of drug-likeness (QED) is 0.851. The van der Waals surface area contributed by atoms with Gasteiger partial charge in [-0.05, 0) is 31.5 Å². The van der Waals surface area contributed by atoms with Crippen molar-refractivity contribution in [2.24, 2.45) is 0 Å². The van der Waals surface area contributed by atoms with Crippen molar-refractivity contribution in [1.29, 1.82) is 5.26 Å². The number of hydrogen-bond donors (Lipinski definition) is 1. The van der Waals surface area contributed by atoms with Gasteiger partial charge in [-0.15, -0.1) is 0 Å². The largest absolute Gasteiger partial charge is 0.381 e. The van der Waals surface area contributed by atoms with Crippen molar-refractivity contribution in [3.63, 3.8) is 0 Å². The van der Waals surface area contributed by atoms with Gasteiger partial charge in [0.05, 0.1) is 23.4 Å². The van der Waals surface area contributed by atoms with Gasteiger partial charge in [0.1, 0.15) is 11.9 Å². The first kappa shape index (κ1) is 14.2. The Labute approximate surface area is 117 Å². The van der Waals surface area contributed by atoms with Gasteiger partial charge in [0.15, 0.2) is 0 Å². The van der Waals surface area contributed by atoms with Crippen LogP contribution < -0.4 is 5.32 Å². The maximum absolute atomic E-state index is 13.6. The predicted octanol–water partition coefficient (Wildman–Crippen LogP) is 3.00. The van der Waals surface area contributed by atoms with E-state index < -0.39 is 0 Å². The zero-order chi connectivity index (χ0) is 14.5. The summed E-state index contributed by atoms with van der Waals surface area (Å²) in [6, 6.07) is 4.92. The van der Waals surface area contributed by atoms with Crippen LogP contribution in [0.25, 0.3) is 10.9 Å². The van der Waals surface area contributed by atoms with Crippen molar-refractivity contribution >= 4 is 16.6 Å². The Hall–Kier alpha value is -2.19. The van der Waals surface area contributed by atoms with Crippen molar-refractivity contribution in [3.8, 4) is 6.07 Å². The highest BCUT2D eigenvalue weighted by atomic mass is 19.1. The molecule has 1 heterocycles. The number of aryl methyl sites for hydroxylation is 1. The van der Waals surface area contributed by atoms with E-state index in [9.17, 15) is 4.39 Å². The maximum atomic E-state index is 13.6. The standard InChI is InChI=1S/C15H16FN3O/c1-3-20-5-4-18-15-11(8-17)9-19-14-10(2)6-12(16)7-13(14)15/h6-7,9H,3-5H2,1-2H3,(H,18,19). The smallest absolute Gasteiger partial charge is 0.124 e. The van der Waals surface area contributed by atoms with E-state index in [1.54, 1.807) is 6.92 Å². The van der Waals surface area contributed by atoms with Crippen LogP contribution in [-0.2, 0) is 4.74 Å². The van der Waals surface area contributed by atoms with E-state index in [0.717, 1.165) is 5.56 Å². The minimum absolute atomic E-state index is 0.334. The number of ether oxygens (including phenoxy) is 1. The van der Waals surface area contributed by atoms with Crippen molar-refractivity contribution < 1.29 is 9.13 Å². The second-order valence-electron chi connectivity index (χ2n) is 4.40. The van der Waals surface area contributed by atoms with Gasteiger partial charge >= 0.3 is 0 Å². The van der Waals surface area contributed by atoms with E-state index in [-0.39, 0.29) is 5.82 Å².